The van der Waals surface area contributed by atoms with Crippen LogP contribution < -0.4 is 0 Å². The van der Waals surface area contributed by atoms with Crippen molar-refractivity contribution >= 4 is 11.9 Å². The Kier molecular flexibility index (Phi) is 49.4. The van der Waals surface area contributed by atoms with Crippen LogP contribution >= 0.6 is 0 Å². The largest absolute Gasteiger partial charge is 0.462 e. The van der Waals surface area contributed by atoms with Crippen molar-refractivity contribution in [3.8, 4) is 0 Å². The lowest BCUT2D eigenvalue weighted by Crippen LogP contribution is -2.30. The lowest BCUT2D eigenvalue weighted by Gasteiger charge is -2.18. The highest BCUT2D eigenvalue weighted by Crippen LogP contribution is 2.15. The van der Waals surface area contributed by atoms with E-state index in [1.54, 1.807) is 0 Å². The van der Waals surface area contributed by atoms with Crippen molar-refractivity contribution in [3.05, 3.63) is 48.6 Å². The van der Waals surface area contributed by atoms with E-state index in [1.165, 1.54) is 167 Å². The molecule has 5 nitrogen and oxygen atoms in total. The topological polar surface area (TPSA) is 61.8 Å². The van der Waals surface area contributed by atoms with Gasteiger partial charge in [0.2, 0.25) is 0 Å². The minimum atomic E-state index is -0.536. The third kappa shape index (κ3) is 48.5. The van der Waals surface area contributed by atoms with Gasteiger partial charge in [-0.1, -0.05) is 243 Å². The van der Waals surface area contributed by atoms with E-state index in [0.29, 0.717) is 19.4 Å². The summed E-state index contributed by atoms with van der Waals surface area (Å²) < 4.78 is 17.4. The number of esters is 2. The van der Waals surface area contributed by atoms with Gasteiger partial charge in [-0.15, -0.1) is 0 Å². The van der Waals surface area contributed by atoms with Gasteiger partial charge < -0.3 is 14.2 Å². The SMILES string of the molecule is CC/C=C\C/C=C\C/C=C\C/C=C\CCCCCCCCCOCC(COC(=O)CCCCCCCCCCCCCCC)OC(=O)CCCCCCCCCCCCC. The van der Waals surface area contributed by atoms with E-state index >= 15 is 0 Å². The van der Waals surface area contributed by atoms with Crippen LogP contribution in [0.25, 0.3) is 0 Å². The molecular weight excluding hydrogens is 741 g/mol. The Bertz CT molecular complexity index is 997. The summed E-state index contributed by atoms with van der Waals surface area (Å²) in [7, 11) is 0. The first-order valence-corrected chi connectivity index (χ1v) is 26.2. The molecule has 0 aliphatic rings. The first-order valence-electron chi connectivity index (χ1n) is 26.2. The molecule has 0 heterocycles. The highest BCUT2D eigenvalue weighted by atomic mass is 16.6. The van der Waals surface area contributed by atoms with Gasteiger partial charge in [0.15, 0.2) is 6.10 Å². The van der Waals surface area contributed by atoms with Gasteiger partial charge in [0, 0.05) is 19.4 Å². The maximum atomic E-state index is 12.8. The summed E-state index contributed by atoms with van der Waals surface area (Å²) >= 11 is 0. The molecule has 0 aromatic carbocycles. The second-order valence-corrected chi connectivity index (χ2v) is 17.4. The van der Waals surface area contributed by atoms with Crippen molar-refractivity contribution in [2.45, 2.75) is 271 Å². The molecule has 0 N–H and O–H groups in total. The van der Waals surface area contributed by atoms with Crippen molar-refractivity contribution < 1.29 is 23.8 Å². The summed E-state index contributed by atoms with van der Waals surface area (Å²) in [5, 5.41) is 0. The van der Waals surface area contributed by atoms with Crippen molar-refractivity contribution in [1.82, 2.24) is 0 Å². The first kappa shape index (κ1) is 57.9. The molecule has 350 valence electrons. The number of rotatable bonds is 48. The van der Waals surface area contributed by atoms with E-state index in [0.717, 1.165) is 64.2 Å². The minimum absolute atomic E-state index is 0.0855. The van der Waals surface area contributed by atoms with Gasteiger partial charge in [0.25, 0.3) is 0 Å². The van der Waals surface area contributed by atoms with Gasteiger partial charge in [-0.2, -0.15) is 0 Å². The maximum absolute atomic E-state index is 12.8. The van der Waals surface area contributed by atoms with Crippen LogP contribution in [0.15, 0.2) is 48.6 Å². The standard InChI is InChI=1S/C55H100O5/c1-4-7-10-13-16-19-22-24-25-26-27-28-29-30-32-35-38-41-44-47-50-58-51-53(60-55(57)49-46-43-40-37-33-21-18-15-12-9-6-3)52-59-54(56)48-45-42-39-36-34-31-23-20-17-14-11-8-5-2/h7,10,16,19,24-25,27-28,53H,4-6,8-9,11-15,17-18,20-23,26,29-52H2,1-3H3/b10-7-,19-16-,25-24-,28-27-. The second kappa shape index (κ2) is 51.2. The average molecular weight is 841 g/mol. The number of ether oxygens (including phenoxy) is 3. The molecule has 0 aromatic rings. The lowest BCUT2D eigenvalue weighted by molar-refractivity contribution is -0.163. The molecule has 0 aliphatic carbocycles. The molecule has 0 spiro atoms. The molecule has 0 amide bonds. The molecule has 0 saturated carbocycles. The van der Waals surface area contributed by atoms with E-state index < -0.39 is 6.10 Å². The van der Waals surface area contributed by atoms with Crippen molar-refractivity contribution in [2.75, 3.05) is 19.8 Å². The number of unbranched alkanes of at least 4 members (excludes halogenated alkanes) is 29. The molecule has 0 fully saturated rings. The highest BCUT2D eigenvalue weighted by Gasteiger charge is 2.17. The van der Waals surface area contributed by atoms with E-state index in [-0.39, 0.29) is 25.2 Å². The first-order chi connectivity index (χ1) is 29.6. The maximum Gasteiger partial charge on any atom is 0.306 e. The van der Waals surface area contributed by atoms with Crippen LogP contribution in [0.5, 0.6) is 0 Å². The number of carbonyl (C=O) groups excluding carboxylic acids is 2. The summed E-state index contributed by atoms with van der Waals surface area (Å²) in [5.74, 6) is -0.392. The second-order valence-electron chi connectivity index (χ2n) is 17.4. The fourth-order valence-electron chi connectivity index (χ4n) is 7.50. The van der Waals surface area contributed by atoms with Gasteiger partial charge in [-0.25, -0.2) is 0 Å². The predicted molar refractivity (Wildman–Crippen MR) is 261 cm³/mol. The Morgan fingerprint density at radius 3 is 1.20 bits per heavy atom. The summed E-state index contributed by atoms with van der Waals surface area (Å²) in [6.45, 7) is 7.72. The Morgan fingerprint density at radius 1 is 0.383 bits per heavy atom. The van der Waals surface area contributed by atoms with Gasteiger partial charge >= 0.3 is 11.9 Å². The van der Waals surface area contributed by atoms with Crippen LogP contribution in [0.2, 0.25) is 0 Å². The van der Waals surface area contributed by atoms with Crippen LogP contribution in [0.4, 0.5) is 0 Å². The van der Waals surface area contributed by atoms with Crippen LogP contribution in [0, 0.1) is 0 Å². The predicted octanol–water partition coefficient (Wildman–Crippen LogP) is 17.6. The molecule has 0 aliphatic heterocycles. The summed E-state index contributed by atoms with van der Waals surface area (Å²) in [4.78, 5) is 25.3. The highest BCUT2D eigenvalue weighted by molar-refractivity contribution is 5.70. The van der Waals surface area contributed by atoms with Gasteiger partial charge in [-0.05, 0) is 57.8 Å². The van der Waals surface area contributed by atoms with Crippen molar-refractivity contribution in [3.63, 3.8) is 0 Å². The smallest absolute Gasteiger partial charge is 0.306 e. The van der Waals surface area contributed by atoms with E-state index in [9.17, 15) is 9.59 Å². The number of hydrogen-bond donors (Lipinski definition) is 0. The molecular formula is C55H100O5. The fraction of sp³-hybridized carbons (Fsp3) is 0.818. The zero-order valence-electron chi connectivity index (χ0n) is 40.2. The molecule has 0 radical (unpaired) electrons. The fourth-order valence-corrected chi connectivity index (χ4v) is 7.50. The van der Waals surface area contributed by atoms with Crippen LogP contribution in [0.1, 0.15) is 265 Å². The minimum Gasteiger partial charge on any atom is -0.462 e. The number of allylic oxidation sites excluding steroid dienone is 8. The normalized spacial score (nSPS) is 12.5. The quantitative estimate of drug-likeness (QED) is 0.0347. The summed E-state index contributed by atoms with van der Waals surface area (Å²) in [6.07, 6.45) is 62.6. The zero-order valence-corrected chi connectivity index (χ0v) is 40.2. The zero-order chi connectivity index (χ0) is 43.5. The van der Waals surface area contributed by atoms with Gasteiger partial charge in [0.1, 0.15) is 6.61 Å². The third-order valence-electron chi connectivity index (χ3n) is 11.4. The lowest BCUT2D eigenvalue weighted by atomic mass is 10.0. The Balaban J connectivity index is 4.21. The average Bonchev–Trinajstić information content (AvgIpc) is 3.25. The Hall–Kier alpha value is -2.14. The summed E-state index contributed by atoms with van der Waals surface area (Å²) in [6, 6.07) is 0. The van der Waals surface area contributed by atoms with E-state index in [2.05, 4.69) is 69.4 Å². The van der Waals surface area contributed by atoms with E-state index in [4.69, 9.17) is 14.2 Å². The van der Waals surface area contributed by atoms with Crippen LogP contribution in [-0.4, -0.2) is 37.9 Å². The third-order valence-corrected chi connectivity index (χ3v) is 11.4. The Morgan fingerprint density at radius 2 is 0.750 bits per heavy atom. The van der Waals surface area contributed by atoms with Crippen LogP contribution in [0.3, 0.4) is 0 Å². The van der Waals surface area contributed by atoms with Crippen LogP contribution in [-0.2, 0) is 23.8 Å². The van der Waals surface area contributed by atoms with Gasteiger partial charge in [-0.3, -0.25) is 9.59 Å². The molecule has 1 atom stereocenters. The van der Waals surface area contributed by atoms with Crippen molar-refractivity contribution in [1.29, 1.82) is 0 Å². The van der Waals surface area contributed by atoms with E-state index in [1.807, 2.05) is 0 Å². The van der Waals surface area contributed by atoms with Gasteiger partial charge in [0.05, 0.1) is 6.61 Å². The monoisotopic (exact) mass is 841 g/mol. The number of hydrogen-bond acceptors (Lipinski definition) is 5. The summed E-state index contributed by atoms with van der Waals surface area (Å²) in [5.41, 5.74) is 0. The number of carbonyl (C=O) groups is 2. The molecule has 0 bridgehead atoms. The van der Waals surface area contributed by atoms with Crippen molar-refractivity contribution in [2.24, 2.45) is 0 Å². The molecule has 0 saturated heterocycles. The molecule has 0 rings (SSSR count). The Labute approximate surface area is 373 Å². The molecule has 1 unspecified atom stereocenters. The molecule has 0 aromatic heterocycles. The molecule has 5 heteroatoms. The molecule has 60 heavy (non-hydrogen) atoms.